The van der Waals surface area contributed by atoms with Crippen LogP contribution in [0.3, 0.4) is 0 Å². The van der Waals surface area contributed by atoms with Crippen molar-refractivity contribution in [3.8, 4) is 0 Å². The minimum atomic E-state index is -0.811. The van der Waals surface area contributed by atoms with Gasteiger partial charge in [-0.05, 0) is 43.0 Å². The third-order valence-electron chi connectivity index (χ3n) is 2.98. The highest BCUT2D eigenvalue weighted by molar-refractivity contribution is 5.43. The molecule has 0 saturated heterocycles. The van der Waals surface area contributed by atoms with Gasteiger partial charge in [-0.25, -0.2) is 8.78 Å². The Hall–Kier alpha value is -1.90. The van der Waals surface area contributed by atoms with Crippen molar-refractivity contribution >= 4 is 5.69 Å². The Morgan fingerprint density at radius 2 is 1.63 bits per heavy atom. The molecule has 0 radical (unpaired) electrons. The number of nitrogens with one attached hydrogen (secondary N) is 1. The summed E-state index contributed by atoms with van der Waals surface area (Å²) in [5.41, 5.74) is 1.95. The number of unbranched alkanes of at least 4 members (excludes halogenated alkanes) is 1. The molecule has 2 aromatic carbocycles. The van der Waals surface area contributed by atoms with E-state index in [-0.39, 0.29) is 0 Å². The van der Waals surface area contributed by atoms with Crippen molar-refractivity contribution in [1.29, 1.82) is 0 Å². The minimum absolute atomic E-state index is 0.624. The average Bonchev–Trinajstić information content (AvgIpc) is 2.43. The molecule has 100 valence electrons. The van der Waals surface area contributed by atoms with Crippen LogP contribution in [-0.2, 0) is 6.42 Å². The van der Waals surface area contributed by atoms with Crippen molar-refractivity contribution in [3.05, 3.63) is 65.7 Å². The van der Waals surface area contributed by atoms with Gasteiger partial charge in [0.05, 0.1) is 0 Å². The first-order valence-electron chi connectivity index (χ1n) is 6.48. The second-order valence-electron chi connectivity index (χ2n) is 4.50. The molecule has 0 aliphatic rings. The largest absolute Gasteiger partial charge is 0.385 e. The lowest BCUT2D eigenvalue weighted by molar-refractivity contribution is 0.509. The molecule has 0 atom stereocenters. The third-order valence-corrected chi connectivity index (χ3v) is 2.98. The van der Waals surface area contributed by atoms with Gasteiger partial charge in [0.1, 0.15) is 0 Å². The molecular formula is C16H17F2N. The van der Waals surface area contributed by atoms with Gasteiger partial charge in [-0.3, -0.25) is 0 Å². The molecule has 3 heteroatoms. The lowest BCUT2D eigenvalue weighted by Gasteiger charge is -2.06. The van der Waals surface area contributed by atoms with Gasteiger partial charge in [-0.2, -0.15) is 0 Å². The topological polar surface area (TPSA) is 12.0 Å². The quantitative estimate of drug-likeness (QED) is 0.760. The van der Waals surface area contributed by atoms with E-state index in [1.807, 2.05) is 18.2 Å². The van der Waals surface area contributed by atoms with Crippen LogP contribution in [-0.4, -0.2) is 6.54 Å². The zero-order valence-electron chi connectivity index (χ0n) is 10.7. The van der Waals surface area contributed by atoms with E-state index in [1.165, 1.54) is 11.6 Å². The number of hydrogen-bond acceptors (Lipinski definition) is 1. The number of hydrogen-bond donors (Lipinski definition) is 1. The molecule has 1 N–H and O–H groups in total. The normalized spacial score (nSPS) is 10.4. The van der Waals surface area contributed by atoms with Gasteiger partial charge in [0.15, 0.2) is 11.6 Å². The van der Waals surface area contributed by atoms with E-state index in [0.29, 0.717) is 5.69 Å². The molecule has 0 aliphatic heterocycles. The first kappa shape index (κ1) is 13.5. The van der Waals surface area contributed by atoms with Crippen LogP contribution in [0.15, 0.2) is 48.5 Å². The van der Waals surface area contributed by atoms with Crippen molar-refractivity contribution in [3.63, 3.8) is 0 Å². The highest BCUT2D eigenvalue weighted by atomic mass is 19.2. The lowest BCUT2D eigenvalue weighted by Crippen LogP contribution is -2.02. The first-order chi connectivity index (χ1) is 9.25. The van der Waals surface area contributed by atoms with Crippen LogP contribution in [0.2, 0.25) is 0 Å². The average molecular weight is 261 g/mol. The zero-order valence-corrected chi connectivity index (χ0v) is 10.7. The van der Waals surface area contributed by atoms with Crippen molar-refractivity contribution in [1.82, 2.24) is 0 Å². The van der Waals surface area contributed by atoms with Crippen LogP contribution in [0.5, 0.6) is 0 Å². The summed E-state index contributed by atoms with van der Waals surface area (Å²) < 4.78 is 25.7. The molecule has 0 aromatic heterocycles. The number of anilines is 1. The lowest BCUT2D eigenvalue weighted by atomic mass is 10.1. The molecule has 0 bridgehead atoms. The fraction of sp³-hybridized carbons (Fsp3) is 0.250. The molecule has 0 spiro atoms. The van der Waals surface area contributed by atoms with E-state index < -0.39 is 11.6 Å². The van der Waals surface area contributed by atoms with Gasteiger partial charge in [0.25, 0.3) is 0 Å². The number of aryl methyl sites for hydroxylation is 1. The monoisotopic (exact) mass is 261 g/mol. The van der Waals surface area contributed by atoms with E-state index >= 15 is 0 Å². The Labute approximate surface area is 112 Å². The zero-order chi connectivity index (χ0) is 13.5. The van der Waals surface area contributed by atoms with Gasteiger partial charge < -0.3 is 5.32 Å². The third kappa shape index (κ3) is 4.36. The summed E-state index contributed by atoms with van der Waals surface area (Å²) in [6, 6.07) is 14.2. The summed E-state index contributed by atoms with van der Waals surface area (Å²) in [6.07, 6.45) is 3.11. The Morgan fingerprint density at radius 1 is 0.842 bits per heavy atom. The fourth-order valence-electron chi connectivity index (χ4n) is 1.94. The second kappa shape index (κ2) is 6.88. The Morgan fingerprint density at radius 3 is 2.37 bits per heavy atom. The molecule has 0 fully saturated rings. The van der Waals surface area contributed by atoms with Crippen LogP contribution >= 0.6 is 0 Å². The van der Waals surface area contributed by atoms with E-state index in [0.717, 1.165) is 31.9 Å². The molecule has 1 nitrogen and oxygen atoms in total. The van der Waals surface area contributed by atoms with Gasteiger partial charge in [0, 0.05) is 12.2 Å². The summed E-state index contributed by atoms with van der Waals surface area (Å²) in [4.78, 5) is 0. The number of halogens is 2. The summed E-state index contributed by atoms with van der Waals surface area (Å²) in [6.45, 7) is 0.762. The highest BCUT2D eigenvalue weighted by Crippen LogP contribution is 2.13. The summed E-state index contributed by atoms with van der Waals surface area (Å²) in [7, 11) is 0. The van der Waals surface area contributed by atoms with Gasteiger partial charge >= 0.3 is 0 Å². The molecule has 19 heavy (non-hydrogen) atoms. The minimum Gasteiger partial charge on any atom is -0.385 e. The standard InChI is InChI=1S/C16H17F2N/c17-15-10-9-14(12-16(15)18)19-11-5-4-8-13-6-2-1-3-7-13/h1-3,6-7,9-10,12,19H,4-5,8,11H2. The van der Waals surface area contributed by atoms with Crippen molar-refractivity contribution in [2.75, 3.05) is 11.9 Å². The second-order valence-corrected chi connectivity index (χ2v) is 4.50. The van der Waals surface area contributed by atoms with E-state index in [4.69, 9.17) is 0 Å². The molecule has 2 aromatic rings. The summed E-state index contributed by atoms with van der Waals surface area (Å²) in [5.74, 6) is -1.62. The van der Waals surface area contributed by atoms with Crippen molar-refractivity contribution in [2.24, 2.45) is 0 Å². The number of rotatable bonds is 6. The first-order valence-corrected chi connectivity index (χ1v) is 6.48. The summed E-state index contributed by atoms with van der Waals surface area (Å²) in [5, 5.41) is 3.09. The van der Waals surface area contributed by atoms with E-state index in [2.05, 4.69) is 17.4 Å². The van der Waals surface area contributed by atoms with Crippen LogP contribution < -0.4 is 5.32 Å². The smallest absolute Gasteiger partial charge is 0.160 e. The van der Waals surface area contributed by atoms with E-state index in [1.54, 1.807) is 6.07 Å². The van der Waals surface area contributed by atoms with Crippen LogP contribution in [0.1, 0.15) is 18.4 Å². The summed E-state index contributed by atoms with van der Waals surface area (Å²) >= 11 is 0. The van der Waals surface area contributed by atoms with Crippen molar-refractivity contribution in [2.45, 2.75) is 19.3 Å². The SMILES string of the molecule is Fc1ccc(NCCCCc2ccccc2)cc1F. The molecule has 0 aliphatic carbocycles. The highest BCUT2D eigenvalue weighted by Gasteiger charge is 2.01. The molecular weight excluding hydrogens is 244 g/mol. The molecule has 0 amide bonds. The predicted octanol–water partition coefficient (Wildman–Crippen LogP) is 4.40. The van der Waals surface area contributed by atoms with Gasteiger partial charge in [0.2, 0.25) is 0 Å². The molecule has 0 unspecified atom stereocenters. The van der Waals surface area contributed by atoms with E-state index in [9.17, 15) is 8.78 Å². The van der Waals surface area contributed by atoms with Crippen LogP contribution in [0.4, 0.5) is 14.5 Å². The predicted molar refractivity (Wildman–Crippen MR) is 74.2 cm³/mol. The fourth-order valence-corrected chi connectivity index (χ4v) is 1.94. The Kier molecular flexibility index (Phi) is 4.90. The molecule has 0 saturated carbocycles. The van der Waals surface area contributed by atoms with Crippen LogP contribution in [0.25, 0.3) is 0 Å². The van der Waals surface area contributed by atoms with Gasteiger partial charge in [-0.15, -0.1) is 0 Å². The Bertz CT molecular complexity index is 511. The maximum absolute atomic E-state index is 13.0. The molecule has 2 rings (SSSR count). The Balaban J connectivity index is 1.68. The number of benzene rings is 2. The maximum atomic E-state index is 13.0. The van der Waals surface area contributed by atoms with Crippen LogP contribution in [0, 0.1) is 11.6 Å². The maximum Gasteiger partial charge on any atom is 0.160 e. The molecule has 0 heterocycles. The van der Waals surface area contributed by atoms with Gasteiger partial charge in [-0.1, -0.05) is 30.3 Å². The van der Waals surface area contributed by atoms with Crippen molar-refractivity contribution < 1.29 is 8.78 Å².